The highest BCUT2D eigenvalue weighted by molar-refractivity contribution is 5.82. The van der Waals surface area contributed by atoms with E-state index in [1.165, 1.54) is 6.39 Å². The first kappa shape index (κ1) is 14.9. The maximum Gasteiger partial charge on any atom is 0.326 e. The molecule has 2 amide bonds. The molecule has 1 atom stereocenters. The molecule has 106 valence electrons. The minimum Gasteiger partial charge on any atom is -0.480 e. The second-order valence-corrected chi connectivity index (χ2v) is 4.52. The van der Waals surface area contributed by atoms with Crippen LogP contribution in [0.3, 0.4) is 0 Å². The van der Waals surface area contributed by atoms with Gasteiger partial charge in [0.25, 0.3) is 0 Å². The lowest BCUT2D eigenvalue weighted by Gasteiger charge is -2.16. The summed E-state index contributed by atoms with van der Waals surface area (Å²) in [6, 6.07) is -1.40. The zero-order valence-corrected chi connectivity index (χ0v) is 10.9. The molecule has 1 unspecified atom stereocenters. The van der Waals surface area contributed by atoms with E-state index in [1.54, 1.807) is 0 Å². The Bertz CT molecular complexity index is 405. The minimum atomic E-state index is -1.04. The first-order valence-electron chi connectivity index (χ1n) is 6.01. The van der Waals surface area contributed by atoms with Crippen molar-refractivity contribution in [2.45, 2.75) is 32.7 Å². The number of hydrogen-bond donors (Lipinski definition) is 3. The van der Waals surface area contributed by atoms with E-state index in [1.807, 2.05) is 13.8 Å². The second-order valence-electron chi connectivity index (χ2n) is 4.52. The van der Waals surface area contributed by atoms with Gasteiger partial charge in [0.15, 0.2) is 5.82 Å². The third-order valence-electron chi connectivity index (χ3n) is 2.35. The summed E-state index contributed by atoms with van der Waals surface area (Å²) in [6.45, 7) is 4.09. The average Bonchev–Trinajstić information content (AvgIpc) is 2.80. The number of carboxylic acids is 1. The molecule has 3 N–H and O–H groups in total. The van der Waals surface area contributed by atoms with Crippen molar-refractivity contribution in [1.82, 2.24) is 20.8 Å². The van der Waals surface area contributed by atoms with Crippen molar-refractivity contribution >= 4 is 12.0 Å². The summed E-state index contributed by atoms with van der Waals surface area (Å²) in [5, 5.41) is 17.5. The third kappa shape index (κ3) is 5.84. The molecule has 19 heavy (non-hydrogen) atoms. The summed E-state index contributed by atoms with van der Waals surface area (Å²) < 4.78 is 4.54. The van der Waals surface area contributed by atoms with Gasteiger partial charge in [-0.2, -0.15) is 4.98 Å². The molecular weight excluding hydrogens is 252 g/mol. The van der Waals surface area contributed by atoms with Gasteiger partial charge >= 0.3 is 12.0 Å². The maximum atomic E-state index is 11.5. The third-order valence-corrected chi connectivity index (χ3v) is 2.35. The molecule has 0 aliphatic heterocycles. The molecule has 0 spiro atoms. The molecule has 1 heterocycles. The van der Waals surface area contributed by atoms with Gasteiger partial charge < -0.3 is 20.3 Å². The Morgan fingerprint density at radius 2 is 2.21 bits per heavy atom. The fourth-order valence-corrected chi connectivity index (χ4v) is 1.49. The van der Waals surface area contributed by atoms with Crippen LogP contribution < -0.4 is 10.6 Å². The van der Waals surface area contributed by atoms with Crippen molar-refractivity contribution in [2.24, 2.45) is 5.92 Å². The van der Waals surface area contributed by atoms with Crippen LogP contribution in [-0.4, -0.2) is 39.8 Å². The molecule has 1 rings (SSSR count). The van der Waals surface area contributed by atoms with Gasteiger partial charge in [0.2, 0.25) is 6.39 Å². The molecule has 0 fully saturated rings. The highest BCUT2D eigenvalue weighted by Crippen LogP contribution is 2.04. The number of carbonyl (C=O) groups excluding carboxylic acids is 1. The zero-order valence-electron chi connectivity index (χ0n) is 10.9. The van der Waals surface area contributed by atoms with Gasteiger partial charge in [-0.05, 0) is 12.3 Å². The molecule has 1 aromatic heterocycles. The van der Waals surface area contributed by atoms with Crippen LogP contribution in [0.4, 0.5) is 4.79 Å². The number of rotatable bonds is 7. The first-order valence-corrected chi connectivity index (χ1v) is 6.01. The van der Waals surface area contributed by atoms with Gasteiger partial charge in [-0.25, -0.2) is 9.59 Å². The smallest absolute Gasteiger partial charge is 0.326 e. The normalized spacial score (nSPS) is 12.2. The lowest BCUT2D eigenvalue weighted by atomic mass is 10.0. The Labute approximate surface area is 110 Å². The number of hydrogen-bond acceptors (Lipinski definition) is 5. The number of amides is 2. The van der Waals surface area contributed by atoms with Crippen molar-refractivity contribution in [2.75, 3.05) is 6.54 Å². The van der Waals surface area contributed by atoms with E-state index in [2.05, 4.69) is 25.3 Å². The highest BCUT2D eigenvalue weighted by atomic mass is 16.5. The molecule has 0 aliphatic rings. The summed E-state index contributed by atoms with van der Waals surface area (Å²) in [5.41, 5.74) is 0. The lowest BCUT2D eigenvalue weighted by molar-refractivity contribution is -0.139. The fourth-order valence-electron chi connectivity index (χ4n) is 1.49. The number of urea groups is 1. The highest BCUT2D eigenvalue weighted by Gasteiger charge is 2.20. The van der Waals surface area contributed by atoms with E-state index in [4.69, 9.17) is 5.11 Å². The van der Waals surface area contributed by atoms with Crippen LogP contribution in [0.2, 0.25) is 0 Å². The Balaban J connectivity index is 2.30. The number of carbonyl (C=O) groups is 2. The van der Waals surface area contributed by atoms with Crippen molar-refractivity contribution in [1.29, 1.82) is 0 Å². The predicted molar refractivity (Wildman–Crippen MR) is 65.4 cm³/mol. The lowest BCUT2D eigenvalue weighted by Crippen LogP contribution is -2.47. The summed E-state index contributed by atoms with van der Waals surface area (Å²) in [4.78, 5) is 26.3. The van der Waals surface area contributed by atoms with Crippen molar-refractivity contribution in [3.8, 4) is 0 Å². The molecule has 0 saturated carbocycles. The van der Waals surface area contributed by atoms with Gasteiger partial charge in [0.1, 0.15) is 6.04 Å². The van der Waals surface area contributed by atoms with Gasteiger partial charge in [0, 0.05) is 13.0 Å². The van der Waals surface area contributed by atoms with Crippen LogP contribution >= 0.6 is 0 Å². The summed E-state index contributed by atoms with van der Waals surface area (Å²) in [7, 11) is 0. The maximum absolute atomic E-state index is 11.5. The number of nitrogens with one attached hydrogen (secondary N) is 2. The predicted octanol–water partition coefficient (Wildman–Crippen LogP) is 0.411. The van der Waals surface area contributed by atoms with Crippen molar-refractivity contribution in [3.05, 3.63) is 12.2 Å². The van der Waals surface area contributed by atoms with Crippen LogP contribution in [0, 0.1) is 5.92 Å². The summed E-state index contributed by atoms with van der Waals surface area (Å²) >= 11 is 0. The first-order chi connectivity index (χ1) is 8.99. The quantitative estimate of drug-likeness (QED) is 0.660. The largest absolute Gasteiger partial charge is 0.480 e. The monoisotopic (exact) mass is 270 g/mol. The van der Waals surface area contributed by atoms with Crippen molar-refractivity contribution < 1.29 is 19.2 Å². The molecule has 0 saturated heterocycles. The van der Waals surface area contributed by atoms with E-state index in [0.717, 1.165) is 0 Å². The van der Waals surface area contributed by atoms with Gasteiger partial charge in [-0.1, -0.05) is 19.0 Å². The Morgan fingerprint density at radius 1 is 1.47 bits per heavy atom. The second kappa shape index (κ2) is 7.34. The Morgan fingerprint density at radius 3 is 2.74 bits per heavy atom. The Hall–Kier alpha value is -2.12. The van der Waals surface area contributed by atoms with E-state index in [9.17, 15) is 9.59 Å². The van der Waals surface area contributed by atoms with E-state index in [0.29, 0.717) is 25.2 Å². The number of nitrogens with zero attached hydrogens (tertiary/aromatic N) is 2. The van der Waals surface area contributed by atoms with Crippen LogP contribution in [0.15, 0.2) is 10.9 Å². The van der Waals surface area contributed by atoms with Crippen LogP contribution in [-0.2, 0) is 11.2 Å². The molecular formula is C11H18N4O4. The Kier molecular flexibility index (Phi) is 5.77. The zero-order chi connectivity index (χ0) is 14.3. The standard InChI is InChI=1S/C11H18N4O4/c1-7(2)5-8(10(16)17)14-11(18)12-4-3-9-13-6-19-15-9/h6-8H,3-5H2,1-2H3,(H,16,17)(H2,12,14,18). The molecule has 8 nitrogen and oxygen atoms in total. The van der Waals surface area contributed by atoms with E-state index < -0.39 is 18.0 Å². The fraction of sp³-hybridized carbons (Fsp3) is 0.636. The molecule has 0 bridgehead atoms. The average molecular weight is 270 g/mol. The molecule has 1 aromatic rings. The van der Waals surface area contributed by atoms with Crippen molar-refractivity contribution in [3.63, 3.8) is 0 Å². The van der Waals surface area contributed by atoms with Gasteiger partial charge in [-0.15, -0.1) is 0 Å². The SMILES string of the molecule is CC(C)CC(NC(=O)NCCc1ncon1)C(=O)O. The van der Waals surface area contributed by atoms with E-state index in [-0.39, 0.29) is 5.92 Å². The number of carboxylic acid groups (broad SMARTS) is 1. The molecule has 8 heteroatoms. The van der Waals surface area contributed by atoms with E-state index >= 15 is 0 Å². The topological polar surface area (TPSA) is 117 Å². The number of aromatic nitrogens is 2. The molecule has 0 radical (unpaired) electrons. The number of aliphatic carboxylic acids is 1. The summed E-state index contributed by atoms with van der Waals surface area (Å²) in [5.74, 6) is -0.375. The van der Waals surface area contributed by atoms with Crippen LogP contribution in [0.1, 0.15) is 26.1 Å². The molecule has 0 aliphatic carbocycles. The summed E-state index contributed by atoms with van der Waals surface area (Å²) in [6.07, 6.45) is 2.01. The van der Waals surface area contributed by atoms with Gasteiger partial charge in [0.05, 0.1) is 0 Å². The van der Waals surface area contributed by atoms with Gasteiger partial charge in [-0.3, -0.25) is 0 Å². The van der Waals surface area contributed by atoms with Crippen LogP contribution in [0.5, 0.6) is 0 Å². The minimum absolute atomic E-state index is 0.181. The van der Waals surface area contributed by atoms with Crippen LogP contribution in [0.25, 0.3) is 0 Å². The molecule has 0 aromatic carbocycles.